The van der Waals surface area contributed by atoms with Gasteiger partial charge in [-0.05, 0) is 0 Å². The molecule has 4 aliphatic rings. The fourth-order valence-corrected chi connectivity index (χ4v) is 9.81. The maximum Gasteiger partial charge on any atom is -0.147 e. The van der Waals surface area contributed by atoms with E-state index >= 15 is 0 Å². The minimum atomic E-state index is 0. The monoisotopic (exact) mass is 503 g/mol. The first-order valence-corrected chi connectivity index (χ1v) is 15.0. The summed E-state index contributed by atoms with van der Waals surface area (Å²) in [6, 6.07) is 0. The summed E-state index contributed by atoms with van der Waals surface area (Å²) in [5.41, 5.74) is 3.93. The fourth-order valence-electron chi connectivity index (χ4n) is 6.81. The van der Waals surface area contributed by atoms with E-state index in [1.807, 2.05) is 11.1 Å². The van der Waals surface area contributed by atoms with Crippen molar-refractivity contribution in [1.82, 2.24) is 4.90 Å². The molecule has 0 radical (unpaired) electrons. The zero-order valence-electron chi connectivity index (χ0n) is 20.2. The second-order valence-electron chi connectivity index (χ2n) is 10.8. The van der Waals surface area contributed by atoms with Crippen LogP contribution in [0, 0.1) is 23.7 Å². The van der Waals surface area contributed by atoms with Gasteiger partial charge >= 0.3 is 191 Å². The van der Waals surface area contributed by atoms with Crippen molar-refractivity contribution in [3.8, 4) is 0 Å². The van der Waals surface area contributed by atoms with Crippen LogP contribution in [0.3, 0.4) is 0 Å². The first-order chi connectivity index (χ1) is 14.2. The third kappa shape index (κ3) is 7.36. The standard InChI is InChI=1S/C23H35.C4H10N.2ClH.Ti/c1-4-10-18(11-5-1)21-16-22(19-12-6-2-7-13-19)23(17-21)20-14-8-3-9-15-20;1-4-5(2)3;;;/h16,18-21H,1-15H2;1,4H2,2-3H3;2*1H;. The molecule has 4 heteroatoms. The molecule has 0 bridgehead atoms. The molecule has 1 atom stereocenters. The Morgan fingerprint density at radius 3 is 1.81 bits per heavy atom. The van der Waals surface area contributed by atoms with E-state index in [0.717, 1.165) is 23.7 Å². The number of hydrogen-bond donors (Lipinski definition) is 0. The summed E-state index contributed by atoms with van der Waals surface area (Å²) in [7, 11) is 4.53. The average molecular weight is 504 g/mol. The van der Waals surface area contributed by atoms with E-state index in [1.165, 1.54) is 108 Å². The van der Waals surface area contributed by atoms with Gasteiger partial charge in [-0.1, -0.05) is 0 Å². The molecule has 0 saturated heterocycles. The molecule has 0 heterocycles. The van der Waals surface area contributed by atoms with E-state index in [0.29, 0.717) is 0 Å². The molecule has 31 heavy (non-hydrogen) atoms. The van der Waals surface area contributed by atoms with Gasteiger partial charge in [-0.2, -0.15) is 0 Å². The zero-order chi connectivity index (χ0) is 20.1. The van der Waals surface area contributed by atoms with E-state index in [1.54, 1.807) is 0 Å². The second-order valence-corrected chi connectivity index (χ2v) is 12.9. The van der Waals surface area contributed by atoms with Gasteiger partial charge in [-0.15, -0.1) is 24.8 Å². The summed E-state index contributed by atoms with van der Waals surface area (Å²) < 4.78 is 3.55. The van der Waals surface area contributed by atoms with E-state index in [9.17, 15) is 0 Å². The van der Waals surface area contributed by atoms with Crippen LogP contribution in [-0.2, 0) is 19.2 Å². The van der Waals surface area contributed by atoms with Crippen molar-refractivity contribution < 1.29 is 19.2 Å². The van der Waals surface area contributed by atoms with E-state index in [2.05, 4.69) is 28.9 Å². The molecule has 0 amide bonds. The molecule has 0 aliphatic heterocycles. The van der Waals surface area contributed by atoms with Crippen LogP contribution >= 0.6 is 24.8 Å². The van der Waals surface area contributed by atoms with E-state index < -0.39 is 0 Å². The topological polar surface area (TPSA) is 3.24 Å². The summed E-state index contributed by atoms with van der Waals surface area (Å²) in [5.74, 6) is 3.71. The second kappa shape index (κ2) is 14.2. The number of nitrogens with zero attached hydrogens (tertiary/aromatic N) is 1. The summed E-state index contributed by atoms with van der Waals surface area (Å²) >= 11 is 0.0280. The van der Waals surface area contributed by atoms with Gasteiger partial charge in [0.2, 0.25) is 0 Å². The van der Waals surface area contributed by atoms with Crippen LogP contribution in [0.15, 0.2) is 21.1 Å². The van der Waals surface area contributed by atoms with Gasteiger partial charge in [0.05, 0.1) is 0 Å². The fraction of sp³-hybridized carbons (Fsp3) is 0.852. The molecule has 4 rings (SSSR count). The number of halogens is 2. The van der Waals surface area contributed by atoms with Crippen LogP contribution in [-0.4, -0.2) is 25.5 Å². The minimum absolute atomic E-state index is 0. The predicted molar refractivity (Wildman–Crippen MR) is 136 cm³/mol. The Kier molecular flexibility index (Phi) is 12.8. The Morgan fingerprint density at radius 2 is 1.26 bits per heavy atom. The first-order valence-electron chi connectivity index (χ1n) is 13.1. The zero-order valence-corrected chi connectivity index (χ0v) is 23.4. The van der Waals surface area contributed by atoms with Crippen LogP contribution < -0.4 is 0 Å². The molecular formula is C27H47Cl2NTi. The average Bonchev–Trinajstić information content (AvgIpc) is 3.15. The normalized spacial score (nSPS) is 26.4. The van der Waals surface area contributed by atoms with Gasteiger partial charge in [0, 0.05) is 0 Å². The van der Waals surface area contributed by atoms with Crippen molar-refractivity contribution in [2.75, 3.05) is 20.6 Å². The Bertz CT molecular complexity index is 582. The molecule has 0 aromatic heterocycles. The summed E-state index contributed by atoms with van der Waals surface area (Å²) in [4.78, 5) is 2.42. The molecule has 0 aromatic rings. The summed E-state index contributed by atoms with van der Waals surface area (Å²) in [6.45, 7) is 1.30. The molecule has 1 unspecified atom stereocenters. The molecule has 3 fully saturated rings. The van der Waals surface area contributed by atoms with Crippen LogP contribution in [0.1, 0.15) is 96.3 Å². The third-order valence-electron chi connectivity index (χ3n) is 8.38. The Labute approximate surface area is 214 Å². The quantitative estimate of drug-likeness (QED) is 0.315. The SMILES string of the molecule is CN(C)C[CH2][Ti][C]1=C(C2CCCCC2)C(C2CCCCC2)=CC1C1CCCCC1.Cl.Cl. The van der Waals surface area contributed by atoms with Gasteiger partial charge in [0.15, 0.2) is 0 Å². The molecule has 0 spiro atoms. The first kappa shape index (κ1) is 28.0. The van der Waals surface area contributed by atoms with Gasteiger partial charge in [-0.3, -0.25) is 0 Å². The van der Waals surface area contributed by atoms with Crippen molar-refractivity contribution in [1.29, 1.82) is 0 Å². The van der Waals surface area contributed by atoms with Crippen molar-refractivity contribution in [2.45, 2.75) is 101 Å². The summed E-state index contributed by atoms with van der Waals surface area (Å²) in [5, 5.41) is 0. The van der Waals surface area contributed by atoms with E-state index in [4.69, 9.17) is 0 Å². The van der Waals surface area contributed by atoms with Crippen molar-refractivity contribution in [3.63, 3.8) is 0 Å². The maximum atomic E-state index is 2.92. The predicted octanol–water partition coefficient (Wildman–Crippen LogP) is 8.44. The van der Waals surface area contributed by atoms with Crippen molar-refractivity contribution in [3.05, 3.63) is 21.1 Å². The van der Waals surface area contributed by atoms with Gasteiger partial charge in [0.1, 0.15) is 0 Å². The number of rotatable bonds is 7. The van der Waals surface area contributed by atoms with Gasteiger partial charge in [-0.25, -0.2) is 0 Å². The smallest absolute Gasteiger partial charge is 0.147 e. The van der Waals surface area contributed by atoms with Gasteiger partial charge in [0.25, 0.3) is 0 Å². The minimum Gasteiger partial charge on any atom is -0.147 e. The Balaban J connectivity index is 0.00000171. The molecule has 178 valence electrons. The summed E-state index contributed by atoms with van der Waals surface area (Å²) in [6.07, 6.45) is 25.4. The van der Waals surface area contributed by atoms with Gasteiger partial charge < -0.3 is 0 Å². The maximum absolute atomic E-state index is 2.92. The van der Waals surface area contributed by atoms with Crippen LogP contribution in [0.4, 0.5) is 0 Å². The van der Waals surface area contributed by atoms with Crippen LogP contribution in [0.5, 0.6) is 0 Å². The molecule has 1 nitrogen and oxygen atoms in total. The largest absolute Gasteiger partial charge is 0.147 e. The molecule has 0 aromatic carbocycles. The molecule has 3 saturated carbocycles. The number of allylic oxidation sites excluding steroid dienone is 4. The molecule has 0 N–H and O–H groups in total. The van der Waals surface area contributed by atoms with Crippen LogP contribution in [0.2, 0.25) is 4.73 Å². The molecular weight excluding hydrogens is 457 g/mol. The number of hydrogen-bond acceptors (Lipinski definition) is 1. The van der Waals surface area contributed by atoms with Crippen molar-refractivity contribution in [2.24, 2.45) is 23.7 Å². The Hall–Kier alpha value is 0.734. The van der Waals surface area contributed by atoms with Crippen molar-refractivity contribution >= 4 is 24.8 Å². The third-order valence-corrected chi connectivity index (χ3v) is 10.7. The molecule has 4 aliphatic carbocycles. The van der Waals surface area contributed by atoms with E-state index in [-0.39, 0.29) is 44.0 Å². The van der Waals surface area contributed by atoms with Crippen LogP contribution in [0.25, 0.3) is 0 Å². The Morgan fingerprint density at radius 1 is 0.742 bits per heavy atom.